The average molecular weight is 198 g/mol. The van der Waals surface area contributed by atoms with E-state index in [0.29, 0.717) is 12.1 Å². The standard InChI is InChI=1S/C10H18N2S/c1-7-3-4-9(5-7)12-10-11-8(2)6-13-10/h7-9H,3-6H2,1-2H3,(H,11,12). The SMILES string of the molecule is CC1CCC(N=C2NC(C)CS2)C1. The molecule has 13 heavy (non-hydrogen) atoms. The Labute approximate surface area is 84.6 Å². The third kappa shape index (κ3) is 2.39. The van der Waals surface area contributed by atoms with E-state index < -0.39 is 0 Å². The summed E-state index contributed by atoms with van der Waals surface area (Å²) in [4.78, 5) is 4.74. The molecule has 0 bridgehead atoms. The summed E-state index contributed by atoms with van der Waals surface area (Å²) < 4.78 is 0. The summed E-state index contributed by atoms with van der Waals surface area (Å²) in [6.45, 7) is 4.55. The molecule has 0 radical (unpaired) electrons. The van der Waals surface area contributed by atoms with Gasteiger partial charge >= 0.3 is 0 Å². The molecule has 2 fully saturated rings. The van der Waals surface area contributed by atoms with Crippen LogP contribution in [0.25, 0.3) is 0 Å². The van der Waals surface area contributed by atoms with Crippen LogP contribution in [0.1, 0.15) is 33.1 Å². The van der Waals surface area contributed by atoms with E-state index in [9.17, 15) is 0 Å². The molecule has 3 heteroatoms. The Morgan fingerprint density at radius 2 is 2.23 bits per heavy atom. The van der Waals surface area contributed by atoms with Gasteiger partial charge in [0.1, 0.15) is 0 Å². The average Bonchev–Trinajstić information content (AvgIpc) is 2.62. The Morgan fingerprint density at radius 3 is 2.77 bits per heavy atom. The van der Waals surface area contributed by atoms with Gasteiger partial charge in [0, 0.05) is 11.8 Å². The van der Waals surface area contributed by atoms with Crippen molar-refractivity contribution >= 4 is 16.9 Å². The summed E-state index contributed by atoms with van der Waals surface area (Å²) in [5.41, 5.74) is 0. The number of thioether (sulfide) groups is 1. The normalized spacial score (nSPS) is 42.6. The predicted molar refractivity (Wildman–Crippen MR) is 59.3 cm³/mol. The first-order valence-electron chi connectivity index (χ1n) is 5.21. The number of nitrogens with zero attached hydrogens (tertiary/aromatic N) is 1. The molecule has 0 aromatic carbocycles. The lowest BCUT2D eigenvalue weighted by Crippen LogP contribution is -2.24. The lowest BCUT2D eigenvalue weighted by Gasteiger charge is -2.05. The third-order valence-corrected chi connectivity index (χ3v) is 3.97. The van der Waals surface area contributed by atoms with Gasteiger partial charge in [-0.2, -0.15) is 0 Å². The predicted octanol–water partition coefficient (Wildman–Crippen LogP) is 2.26. The van der Waals surface area contributed by atoms with Gasteiger partial charge in [0.25, 0.3) is 0 Å². The quantitative estimate of drug-likeness (QED) is 0.699. The molecule has 3 unspecified atom stereocenters. The fraction of sp³-hybridized carbons (Fsp3) is 0.900. The summed E-state index contributed by atoms with van der Waals surface area (Å²) in [5, 5.41) is 4.60. The molecule has 0 aromatic heterocycles. The minimum Gasteiger partial charge on any atom is -0.362 e. The smallest absolute Gasteiger partial charge is 0.157 e. The van der Waals surface area contributed by atoms with Crippen molar-refractivity contribution in [3.63, 3.8) is 0 Å². The molecule has 0 spiro atoms. The van der Waals surface area contributed by atoms with Gasteiger partial charge in [-0.05, 0) is 32.1 Å². The first-order chi connectivity index (χ1) is 6.24. The van der Waals surface area contributed by atoms with E-state index in [2.05, 4.69) is 19.2 Å². The molecular weight excluding hydrogens is 180 g/mol. The molecule has 2 nitrogen and oxygen atoms in total. The van der Waals surface area contributed by atoms with E-state index in [0.717, 1.165) is 5.92 Å². The molecule has 1 heterocycles. The monoisotopic (exact) mass is 198 g/mol. The van der Waals surface area contributed by atoms with Gasteiger partial charge in [-0.1, -0.05) is 18.7 Å². The highest BCUT2D eigenvalue weighted by Gasteiger charge is 2.23. The second kappa shape index (κ2) is 3.91. The first kappa shape index (κ1) is 9.38. The fourth-order valence-corrected chi connectivity index (χ4v) is 3.03. The van der Waals surface area contributed by atoms with Crippen LogP contribution in [0.2, 0.25) is 0 Å². The van der Waals surface area contributed by atoms with Crippen molar-refractivity contribution in [2.75, 3.05) is 5.75 Å². The van der Waals surface area contributed by atoms with Crippen molar-refractivity contribution in [3.05, 3.63) is 0 Å². The zero-order valence-corrected chi connectivity index (χ0v) is 9.23. The zero-order valence-electron chi connectivity index (χ0n) is 8.42. The molecular formula is C10H18N2S. The third-order valence-electron chi connectivity index (χ3n) is 2.81. The second-order valence-corrected chi connectivity index (χ2v) is 5.37. The second-order valence-electron chi connectivity index (χ2n) is 4.36. The molecule has 3 atom stereocenters. The highest BCUT2D eigenvalue weighted by atomic mass is 32.2. The van der Waals surface area contributed by atoms with Crippen LogP contribution in [0.15, 0.2) is 4.99 Å². The van der Waals surface area contributed by atoms with Crippen LogP contribution in [0.3, 0.4) is 0 Å². The Hall–Kier alpha value is -0.180. The molecule has 1 N–H and O–H groups in total. The van der Waals surface area contributed by atoms with Gasteiger partial charge in [0.15, 0.2) is 5.17 Å². The Kier molecular flexibility index (Phi) is 2.82. The number of nitrogens with one attached hydrogen (secondary N) is 1. The maximum absolute atomic E-state index is 4.74. The summed E-state index contributed by atoms with van der Waals surface area (Å²) in [6, 6.07) is 1.22. The number of amidine groups is 1. The van der Waals surface area contributed by atoms with E-state index in [1.807, 2.05) is 11.8 Å². The van der Waals surface area contributed by atoms with Crippen LogP contribution >= 0.6 is 11.8 Å². The van der Waals surface area contributed by atoms with E-state index in [-0.39, 0.29) is 0 Å². The van der Waals surface area contributed by atoms with Crippen molar-refractivity contribution in [1.82, 2.24) is 5.32 Å². The highest BCUT2D eigenvalue weighted by Crippen LogP contribution is 2.28. The largest absolute Gasteiger partial charge is 0.362 e. The van der Waals surface area contributed by atoms with Crippen LogP contribution in [0, 0.1) is 5.92 Å². The molecule has 0 amide bonds. The molecule has 0 aromatic rings. The van der Waals surface area contributed by atoms with Gasteiger partial charge in [-0.25, -0.2) is 0 Å². The van der Waals surface area contributed by atoms with Crippen molar-refractivity contribution in [3.8, 4) is 0 Å². The van der Waals surface area contributed by atoms with E-state index in [1.165, 1.54) is 30.2 Å². The Morgan fingerprint density at radius 1 is 1.38 bits per heavy atom. The first-order valence-corrected chi connectivity index (χ1v) is 6.19. The minimum atomic E-state index is 0.607. The van der Waals surface area contributed by atoms with Gasteiger partial charge in [0.2, 0.25) is 0 Å². The van der Waals surface area contributed by atoms with Gasteiger partial charge in [-0.15, -0.1) is 0 Å². The highest BCUT2D eigenvalue weighted by molar-refractivity contribution is 8.14. The number of hydrogen-bond acceptors (Lipinski definition) is 2. The summed E-state index contributed by atoms with van der Waals surface area (Å²) in [5.74, 6) is 2.07. The van der Waals surface area contributed by atoms with Crippen molar-refractivity contribution in [2.45, 2.75) is 45.2 Å². The van der Waals surface area contributed by atoms with Crippen LogP contribution in [0.4, 0.5) is 0 Å². The molecule has 1 aliphatic carbocycles. The molecule has 2 rings (SSSR count). The summed E-state index contributed by atoms with van der Waals surface area (Å²) >= 11 is 1.88. The lowest BCUT2D eigenvalue weighted by molar-refractivity contribution is 0.594. The van der Waals surface area contributed by atoms with Crippen molar-refractivity contribution < 1.29 is 0 Å². The van der Waals surface area contributed by atoms with Gasteiger partial charge < -0.3 is 5.32 Å². The van der Waals surface area contributed by atoms with E-state index >= 15 is 0 Å². The van der Waals surface area contributed by atoms with Crippen LogP contribution in [-0.2, 0) is 0 Å². The molecule has 1 saturated carbocycles. The summed E-state index contributed by atoms with van der Waals surface area (Å²) in [6.07, 6.45) is 3.95. The number of hydrogen-bond donors (Lipinski definition) is 1. The molecule has 1 saturated heterocycles. The van der Waals surface area contributed by atoms with E-state index in [1.54, 1.807) is 0 Å². The Bertz CT molecular complexity index is 215. The van der Waals surface area contributed by atoms with Gasteiger partial charge in [0.05, 0.1) is 6.04 Å². The topological polar surface area (TPSA) is 24.4 Å². The van der Waals surface area contributed by atoms with Crippen LogP contribution in [0.5, 0.6) is 0 Å². The minimum absolute atomic E-state index is 0.607. The molecule has 2 aliphatic rings. The maximum Gasteiger partial charge on any atom is 0.157 e. The number of aliphatic imine (C=N–C) groups is 1. The number of rotatable bonds is 1. The zero-order chi connectivity index (χ0) is 9.26. The maximum atomic E-state index is 4.74. The molecule has 1 aliphatic heterocycles. The molecule has 74 valence electrons. The van der Waals surface area contributed by atoms with Crippen LogP contribution in [-0.4, -0.2) is 23.0 Å². The lowest BCUT2D eigenvalue weighted by atomic mass is 10.1. The Balaban J connectivity index is 1.89. The van der Waals surface area contributed by atoms with Crippen molar-refractivity contribution in [1.29, 1.82) is 0 Å². The van der Waals surface area contributed by atoms with Gasteiger partial charge in [-0.3, -0.25) is 4.99 Å². The van der Waals surface area contributed by atoms with Crippen molar-refractivity contribution in [2.24, 2.45) is 10.9 Å². The fourth-order valence-electron chi connectivity index (χ4n) is 2.03. The van der Waals surface area contributed by atoms with Crippen LogP contribution < -0.4 is 5.32 Å². The summed E-state index contributed by atoms with van der Waals surface area (Å²) in [7, 11) is 0. The van der Waals surface area contributed by atoms with E-state index in [4.69, 9.17) is 4.99 Å².